The monoisotopic (exact) mass is 208 g/mol. The SMILES string of the molecule is CC1CN(CC2CC=CCC2)C(C)CN1. The van der Waals surface area contributed by atoms with Gasteiger partial charge in [0.2, 0.25) is 0 Å². The third-order valence-electron chi connectivity index (χ3n) is 3.76. The van der Waals surface area contributed by atoms with E-state index in [0.717, 1.165) is 12.5 Å². The molecule has 0 radical (unpaired) electrons. The summed E-state index contributed by atoms with van der Waals surface area (Å²) in [4.78, 5) is 2.67. The van der Waals surface area contributed by atoms with E-state index in [0.29, 0.717) is 12.1 Å². The number of hydrogen-bond donors (Lipinski definition) is 1. The molecule has 3 unspecified atom stereocenters. The molecule has 1 saturated heterocycles. The molecule has 1 N–H and O–H groups in total. The van der Waals surface area contributed by atoms with Crippen molar-refractivity contribution < 1.29 is 0 Å². The topological polar surface area (TPSA) is 15.3 Å². The van der Waals surface area contributed by atoms with Crippen LogP contribution in [0.5, 0.6) is 0 Å². The minimum atomic E-state index is 0.667. The summed E-state index contributed by atoms with van der Waals surface area (Å²) in [6.07, 6.45) is 8.68. The van der Waals surface area contributed by atoms with Gasteiger partial charge in [0, 0.05) is 31.7 Å². The van der Waals surface area contributed by atoms with Crippen LogP contribution in [0.3, 0.4) is 0 Å². The van der Waals surface area contributed by atoms with Crippen LogP contribution in [0.15, 0.2) is 12.2 Å². The van der Waals surface area contributed by atoms with Crippen LogP contribution >= 0.6 is 0 Å². The molecule has 1 heterocycles. The van der Waals surface area contributed by atoms with Crippen LogP contribution in [-0.4, -0.2) is 36.6 Å². The lowest BCUT2D eigenvalue weighted by atomic mass is 9.93. The Hall–Kier alpha value is -0.340. The van der Waals surface area contributed by atoms with Crippen molar-refractivity contribution in [3.63, 3.8) is 0 Å². The molecule has 15 heavy (non-hydrogen) atoms. The van der Waals surface area contributed by atoms with Gasteiger partial charge < -0.3 is 5.32 Å². The highest BCUT2D eigenvalue weighted by atomic mass is 15.2. The first-order chi connectivity index (χ1) is 7.25. The molecule has 0 spiro atoms. The fourth-order valence-electron chi connectivity index (χ4n) is 2.71. The first-order valence-corrected chi connectivity index (χ1v) is 6.38. The Labute approximate surface area is 93.7 Å². The average Bonchev–Trinajstić information content (AvgIpc) is 2.25. The highest BCUT2D eigenvalue weighted by molar-refractivity contribution is 4.92. The number of nitrogens with one attached hydrogen (secondary N) is 1. The van der Waals surface area contributed by atoms with E-state index < -0.39 is 0 Å². The van der Waals surface area contributed by atoms with Crippen molar-refractivity contribution in [2.24, 2.45) is 5.92 Å². The Morgan fingerprint density at radius 3 is 2.93 bits per heavy atom. The number of allylic oxidation sites excluding steroid dienone is 2. The molecular weight excluding hydrogens is 184 g/mol. The molecule has 1 fully saturated rings. The van der Waals surface area contributed by atoms with Crippen LogP contribution in [0.2, 0.25) is 0 Å². The second-order valence-corrected chi connectivity index (χ2v) is 5.26. The van der Waals surface area contributed by atoms with Gasteiger partial charge in [0.05, 0.1) is 0 Å². The second kappa shape index (κ2) is 5.13. The van der Waals surface area contributed by atoms with E-state index in [-0.39, 0.29) is 0 Å². The minimum absolute atomic E-state index is 0.667. The molecule has 0 saturated carbocycles. The standard InChI is InChI=1S/C13H24N2/c1-11-9-15(12(2)8-14-11)10-13-6-4-3-5-7-13/h3-4,11-14H,5-10H2,1-2H3. The summed E-state index contributed by atoms with van der Waals surface area (Å²) in [6, 6.07) is 1.38. The average molecular weight is 208 g/mol. The summed E-state index contributed by atoms with van der Waals surface area (Å²) in [5, 5.41) is 3.54. The molecule has 0 aromatic heterocycles. The number of rotatable bonds is 2. The normalized spacial score (nSPS) is 38.1. The van der Waals surface area contributed by atoms with E-state index in [1.807, 2.05) is 0 Å². The summed E-state index contributed by atoms with van der Waals surface area (Å²) in [5.41, 5.74) is 0. The summed E-state index contributed by atoms with van der Waals surface area (Å²) >= 11 is 0. The summed E-state index contributed by atoms with van der Waals surface area (Å²) in [5.74, 6) is 0.905. The summed E-state index contributed by atoms with van der Waals surface area (Å²) in [6.45, 7) is 8.32. The van der Waals surface area contributed by atoms with Gasteiger partial charge in [0.15, 0.2) is 0 Å². The van der Waals surface area contributed by atoms with Crippen LogP contribution in [0.25, 0.3) is 0 Å². The highest BCUT2D eigenvalue weighted by Gasteiger charge is 2.24. The first kappa shape index (κ1) is 11.2. The molecule has 2 nitrogen and oxygen atoms in total. The Bertz CT molecular complexity index is 225. The van der Waals surface area contributed by atoms with Crippen molar-refractivity contribution in [2.45, 2.75) is 45.2 Å². The zero-order chi connectivity index (χ0) is 10.7. The Kier molecular flexibility index (Phi) is 3.81. The van der Waals surface area contributed by atoms with Gasteiger partial charge >= 0.3 is 0 Å². The van der Waals surface area contributed by atoms with Crippen molar-refractivity contribution in [2.75, 3.05) is 19.6 Å². The number of hydrogen-bond acceptors (Lipinski definition) is 2. The third-order valence-corrected chi connectivity index (χ3v) is 3.76. The van der Waals surface area contributed by atoms with Gasteiger partial charge in [-0.25, -0.2) is 0 Å². The Morgan fingerprint density at radius 2 is 2.20 bits per heavy atom. The van der Waals surface area contributed by atoms with Gasteiger partial charge in [-0.2, -0.15) is 0 Å². The van der Waals surface area contributed by atoms with E-state index in [1.54, 1.807) is 0 Å². The van der Waals surface area contributed by atoms with Crippen LogP contribution in [0.4, 0.5) is 0 Å². The van der Waals surface area contributed by atoms with E-state index in [9.17, 15) is 0 Å². The Morgan fingerprint density at radius 1 is 1.33 bits per heavy atom. The summed E-state index contributed by atoms with van der Waals surface area (Å²) < 4.78 is 0. The molecule has 2 aliphatic rings. The van der Waals surface area contributed by atoms with E-state index in [1.165, 1.54) is 32.4 Å². The molecule has 1 aliphatic heterocycles. The molecule has 0 aromatic carbocycles. The second-order valence-electron chi connectivity index (χ2n) is 5.26. The fourth-order valence-corrected chi connectivity index (χ4v) is 2.71. The highest BCUT2D eigenvalue weighted by Crippen LogP contribution is 2.21. The van der Waals surface area contributed by atoms with Crippen molar-refractivity contribution >= 4 is 0 Å². The van der Waals surface area contributed by atoms with Gasteiger partial charge in [0.1, 0.15) is 0 Å². The molecule has 0 bridgehead atoms. The summed E-state index contributed by atoms with van der Waals surface area (Å²) in [7, 11) is 0. The van der Waals surface area contributed by atoms with Crippen LogP contribution < -0.4 is 5.32 Å². The predicted octanol–water partition coefficient (Wildman–Crippen LogP) is 2.02. The number of nitrogens with zero attached hydrogens (tertiary/aromatic N) is 1. The van der Waals surface area contributed by atoms with Crippen LogP contribution in [0.1, 0.15) is 33.1 Å². The predicted molar refractivity (Wildman–Crippen MR) is 65.0 cm³/mol. The molecule has 0 amide bonds. The van der Waals surface area contributed by atoms with Crippen molar-refractivity contribution in [1.29, 1.82) is 0 Å². The zero-order valence-electron chi connectivity index (χ0n) is 10.1. The smallest absolute Gasteiger partial charge is 0.0193 e. The molecule has 2 rings (SSSR count). The molecule has 0 aromatic rings. The Balaban J connectivity index is 1.83. The van der Waals surface area contributed by atoms with Gasteiger partial charge in [-0.05, 0) is 39.0 Å². The lowest BCUT2D eigenvalue weighted by Crippen LogP contribution is -2.55. The van der Waals surface area contributed by atoms with Gasteiger partial charge in [-0.3, -0.25) is 4.90 Å². The maximum absolute atomic E-state index is 3.54. The van der Waals surface area contributed by atoms with Gasteiger partial charge in [0.25, 0.3) is 0 Å². The molecule has 2 heteroatoms. The van der Waals surface area contributed by atoms with Crippen LogP contribution in [-0.2, 0) is 0 Å². The number of piperazine rings is 1. The maximum atomic E-state index is 3.54. The van der Waals surface area contributed by atoms with Crippen molar-refractivity contribution in [3.8, 4) is 0 Å². The molecular formula is C13H24N2. The van der Waals surface area contributed by atoms with E-state index >= 15 is 0 Å². The molecule has 3 atom stereocenters. The third kappa shape index (κ3) is 3.05. The largest absolute Gasteiger partial charge is 0.311 e. The zero-order valence-corrected chi connectivity index (χ0v) is 10.1. The van der Waals surface area contributed by atoms with Crippen molar-refractivity contribution in [1.82, 2.24) is 10.2 Å². The van der Waals surface area contributed by atoms with E-state index in [2.05, 4.69) is 36.2 Å². The maximum Gasteiger partial charge on any atom is 0.0193 e. The van der Waals surface area contributed by atoms with Crippen LogP contribution in [0, 0.1) is 5.92 Å². The first-order valence-electron chi connectivity index (χ1n) is 6.38. The van der Waals surface area contributed by atoms with Gasteiger partial charge in [-0.15, -0.1) is 0 Å². The molecule has 1 aliphatic carbocycles. The quantitative estimate of drug-likeness (QED) is 0.699. The van der Waals surface area contributed by atoms with E-state index in [4.69, 9.17) is 0 Å². The lowest BCUT2D eigenvalue weighted by molar-refractivity contribution is 0.121. The minimum Gasteiger partial charge on any atom is -0.311 e. The lowest BCUT2D eigenvalue weighted by Gasteiger charge is -2.39. The van der Waals surface area contributed by atoms with Crippen molar-refractivity contribution in [3.05, 3.63) is 12.2 Å². The fraction of sp³-hybridized carbons (Fsp3) is 0.846. The van der Waals surface area contributed by atoms with Gasteiger partial charge in [-0.1, -0.05) is 12.2 Å². The molecule has 86 valence electrons.